The lowest BCUT2D eigenvalue weighted by molar-refractivity contribution is 1.42. The Morgan fingerprint density at radius 1 is 1.58 bits per heavy atom. The second kappa shape index (κ2) is 3.87. The van der Waals surface area contributed by atoms with Crippen LogP contribution in [0.3, 0.4) is 0 Å². The van der Waals surface area contributed by atoms with Crippen molar-refractivity contribution in [3.8, 4) is 0 Å². The second-order valence-electron chi connectivity index (χ2n) is 2.40. The highest BCUT2D eigenvalue weighted by atomic mass is 79.9. The third kappa shape index (κ3) is 2.19. The highest BCUT2D eigenvalue weighted by Crippen LogP contribution is 2.22. The van der Waals surface area contributed by atoms with Crippen molar-refractivity contribution in [2.24, 2.45) is 5.73 Å². The van der Waals surface area contributed by atoms with E-state index in [9.17, 15) is 0 Å². The highest BCUT2D eigenvalue weighted by Gasteiger charge is 2.00. The number of hydrogen-bond donors (Lipinski definition) is 2. The van der Waals surface area contributed by atoms with Gasteiger partial charge in [-0.1, -0.05) is 22.0 Å². The number of nitrogens with two attached hydrogens (primary N) is 1. The number of thiocarbonyl (C=S) groups is 1. The Morgan fingerprint density at radius 3 is 2.83 bits per heavy atom. The molecule has 0 amide bonds. The molecule has 0 saturated heterocycles. The molecule has 0 aromatic heterocycles. The average Bonchev–Trinajstić information content (AvgIpc) is 1.98. The Hall–Kier alpha value is -0.610. The zero-order valence-corrected chi connectivity index (χ0v) is 9.00. The van der Waals surface area contributed by atoms with Crippen LogP contribution in [0.4, 0.5) is 5.69 Å². The number of anilines is 1. The molecule has 1 aromatic carbocycles. The molecule has 0 aliphatic heterocycles. The van der Waals surface area contributed by atoms with Crippen LogP contribution in [0, 0.1) is 6.92 Å². The Morgan fingerprint density at radius 2 is 2.25 bits per heavy atom. The van der Waals surface area contributed by atoms with Crippen LogP contribution in [-0.4, -0.2) is 5.11 Å². The molecule has 0 heterocycles. The molecule has 1 rings (SSSR count). The van der Waals surface area contributed by atoms with E-state index in [0.29, 0.717) is 0 Å². The van der Waals surface area contributed by atoms with Gasteiger partial charge in [0, 0.05) is 10.2 Å². The van der Waals surface area contributed by atoms with E-state index >= 15 is 0 Å². The zero-order chi connectivity index (χ0) is 9.14. The summed E-state index contributed by atoms with van der Waals surface area (Å²) in [6.45, 7) is 1.99. The van der Waals surface area contributed by atoms with Gasteiger partial charge in [0.25, 0.3) is 0 Å². The number of hydrogen-bond acceptors (Lipinski definition) is 1. The van der Waals surface area contributed by atoms with E-state index in [4.69, 9.17) is 18.0 Å². The molecule has 64 valence electrons. The van der Waals surface area contributed by atoms with E-state index in [1.165, 1.54) is 0 Å². The Kier molecular flexibility index (Phi) is 3.05. The van der Waals surface area contributed by atoms with Gasteiger partial charge in [0.2, 0.25) is 0 Å². The number of rotatable bonds is 1. The van der Waals surface area contributed by atoms with Crippen molar-refractivity contribution in [2.45, 2.75) is 6.92 Å². The molecule has 12 heavy (non-hydrogen) atoms. The van der Waals surface area contributed by atoms with Crippen LogP contribution >= 0.6 is 28.1 Å². The SMILES string of the molecule is Cc1c(Br)cccc1NC(N)=S. The lowest BCUT2D eigenvalue weighted by atomic mass is 10.2. The van der Waals surface area contributed by atoms with E-state index in [2.05, 4.69) is 21.2 Å². The van der Waals surface area contributed by atoms with Crippen molar-refractivity contribution < 1.29 is 0 Å². The Labute approximate surface area is 85.3 Å². The number of benzene rings is 1. The molecule has 0 aliphatic rings. The average molecular weight is 245 g/mol. The van der Waals surface area contributed by atoms with Crippen molar-refractivity contribution in [3.05, 3.63) is 28.2 Å². The molecule has 0 saturated carbocycles. The first-order valence-corrected chi connectivity index (χ1v) is 4.63. The van der Waals surface area contributed by atoms with Crippen LogP contribution < -0.4 is 11.1 Å². The van der Waals surface area contributed by atoms with Gasteiger partial charge in [-0.05, 0) is 36.8 Å². The van der Waals surface area contributed by atoms with Crippen molar-refractivity contribution >= 4 is 38.9 Å². The summed E-state index contributed by atoms with van der Waals surface area (Å²) in [4.78, 5) is 0. The first-order chi connectivity index (χ1) is 5.61. The standard InChI is InChI=1S/C8H9BrN2S/c1-5-6(9)3-2-4-7(5)11-8(10)12/h2-4H,1H3,(H3,10,11,12). The van der Waals surface area contributed by atoms with Gasteiger partial charge in [0.1, 0.15) is 0 Å². The normalized spacial score (nSPS) is 9.50. The maximum absolute atomic E-state index is 5.35. The predicted molar refractivity (Wildman–Crippen MR) is 59.3 cm³/mol. The monoisotopic (exact) mass is 244 g/mol. The van der Waals surface area contributed by atoms with E-state index in [1.807, 2.05) is 25.1 Å². The van der Waals surface area contributed by atoms with E-state index in [-0.39, 0.29) is 5.11 Å². The van der Waals surface area contributed by atoms with Gasteiger partial charge in [0.05, 0.1) is 0 Å². The highest BCUT2D eigenvalue weighted by molar-refractivity contribution is 9.10. The lowest BCUT2D eigenvalue weighted by Gasteiger charge is -2.08. The molecule has 0 fully saturated rings. The van der Waals surface area contributed by atoms with Crippen LogP contribution in [0.5, 0.6) is 0 Å². The van der Waals surface area contributed by atoms with Crippen molar-refractivity contribution in [1.82, 2.24) is 0 Å². The van der Waals surface area contributed by atoms with Crippen molar-refractivity contribution in [2.75, 3.05) is 5.32 Å². The van der Waals surface area contributed by atoms with Crippen LogP contribution in [0.1, 0.15) is 5.56 Å². The van der Waals surface area contributed by atoms with Gasteiger partial charge in [-0.3, -0.25) is 0 Å². The van der Waals surface area contributed by atoms with Gasteiger partial charge < -0.3 is 11.1 Å². The van der Waals surface area contributed by atoms with Crippen LogP contribution in [0.15, 0.2) is 22.7 Å². The molecule has 0 aliphatic carbocycles. The minimum Gasteiger partial charge on any atom is -0.376 e. The van der Waals surface area contributed by atoms with Crippen LogP contribution in [0.25, 0.3) is 0 Å². The van der Waals surface area contributed by atoms with E-state index in [0.717, 1.165) is 15.7 Å². The molecule has 0 atom stereocenters. The summed E-state index contributed by atoms with van der Waals surface area (Å²) in [5, 5.41) is 3.18. The van der Waals surface area contributed by atoms with Gasteiger partial charge >= 0.3 is 0 Å². The fourth-order valence-corrected chi connectivity index (χ4v) is 1.35. The van der Waals surface area contributed by atoms with Crippen LogP contribution in [0.2, 0.25) is 0 Å². The largest absolute Gasteiger partial charge is 0.376 e. The topological polar surface area (TPSA) is 38.0 Å². The second-order valence-corrected chi connectivity index (χ2v) is 3.70. The van der Waals surface area contributed by atoms with Gasteiger partial charge in [-0.25, -0.2) is 0 Å². The van der Waals surface area contributed by atoms with Crippen molar-refractivity contribution in [1.29, 1.82) is 0 Å². The third-order valence-electron chi connectivity index (χ3n) is 1.53. The summed E-state index contributed by atoms with van der Waals surface area (Å²) >= 11 is 8.14. The molecule has 4 heteroatoms. The molecule has 0 bridgehead atoms. The Balaban J connectivity index is 3.00. The summed E-state index contributed by atoms with van der Waals surface area (Å²) in [6, 6.07) is 5.83. The molecule has 1 aromatic rings. The summed E-state index contributed by atoms with van der Waals surface area (Å²) in [5.74, 6) is 0. The summed E-state index contributed by atoms with van der Waals surface area (Å²) in [5.41, 5.74) is 7.39. The van der Waals surface area contributed by atoms with Crippen molar-refractivity contribution in [3.63, 3.8) is 0 Å². The first kappa shape index (κ1) is 9.48. The Bertz CT molecular complexity index is 312. The lowest BCUT2D eigenvalue weighted by Crippen LogP contribution is -2.19. The molecule has 3 N–H and O–H groups in total. The summed E-state index contributed by atoms with van der Waals surface area (Å²) in [7, 11) is 0. The van der Waals surface area contributed by atoms with Crippen LogP contribution in [-0.2, 0) is 0 Å². The van der Waals surface area contributed by atoms with Gasteiger partial charge in [-0.2, -0.15) is 0 Å². The smallest absolute Gasteiger partial charge is 0.168 e. The summed E-state index contributed by atoms with van der Waals surface area (Å²) < 4.78 is 1.05. The maximum Gasteiger partial charge on any atom is 0.168 e. The maximum atomic E-state index is 5.35. The van der Waals surface area contributed by atoms with E-state index < -0.39 is 0 Å². The van der Waals surface area contributed by atoms with Gasteiger partial charge in [0.15, 0.2) is 5.11 Å². The first-order valence-electron chi connectivity index (χ1n) is 3.43. The van der Waals surface area contributed by atoms with Gasteiger partial charge in [-0.15, -0.1) is 0 Å². The predicted octanol–water partition coefficient (Wildman–Crippen LogP) is 2.41. The van der Waals surface area contributed by atoms with E-state index in [1.54, 1.807) is 0 Å². The number of nitrogens with one attached hydrogen (secondary N) is 1. The quantitative estimate of drug-likeness (QED) is 0.746. The molecule has 0 unspecified atom stereocenters. The zero-order valence-electron chi connectivity index (χ0n) is 6.60. The minimum atomic E-state index is 0.288. The molecule has 0 radical (unpaired) electrons. The molecule has 2 nitrogen and oxygen atoms in total. The third-order valence-corrected chi connectivity index (χ3v) is 2.49. The molecular formula is C8H9BrN2S. The summed E-state index contributed by atoms with van der Waals surface area (Å²) in [6.07, 6.45) is 0. The minimum absolute atomic E-state index is 0.288. The fraction of sp³-hybridized carbons (Fsp3) is 0.125. The molecular weight excluding hydrogens is 236 g/mol. The molecule has 0 spiro atoms. The number of halogens is 1. The fourth-order valence-electron chi connectivity index (χ4n) is 0.876.